The monoisotopic (exact) mass is 200 g/mol. The molecule has 0 aromatic rings. The molecule has 0 spiro atoms. The summed E-state index contributed by atoms with van der Waals surface area (Å²) in [5.74, 6) is 0. The van der Waals surface area contributed by atoms with Gasteiger partial charge in [-0.2, -0.15) is 0 Å². The van der Waals surface area contributed by atoms with Gasteiger partial charge in [0.2, 0.25) is 0 Å². The molecule has 0 aliphatic carbocycles. The fourth-order valence-electron chi connectivity index (χ4n) is 1.60. The Kier molecular flexibility index (Phi) is 6.38. The van der Waals surface area contributed by atoms with Gasteiger partial charge >= 0.3 is 0 Å². The van der Waals surface area contributed by atoms with Gasteiger partial charge in [-0.3, -0.25) is 9.80 Å². The highest BCUT2D eigenvalue weighted by Crippen LogP contribution is 2.12. The molecule has 0 aliphatic rings. The molecule has 0 rings (SSSR count). The number of hydrogen-bond acceptors (Lipinski definition) is 2. The highest BCUT2D eigenvalue weighted by atomic mass is 15.3. The molecule has 86 valence electrons. The molecule has 0 aromatic carbocycles. The second-order valence-electron chi connectivity index (χ2n) is 4.48. The SMILES string of the molecule is CCC(C)N(C)C(C)N(C)C(C)CC. The van der Waals surface area contributed by atoms with Gasteiger partial charge in [0, 0.05) is 12.1 Å². The standard InChI is InChI=1S/C12H28N2/c1-8-10(3)13(6)12(5)14(7)11(4)9-2/h10-12H,8-9H2,1-7H3. The first kappa shape index (κ1) is 13.9. The normalized spacial score (nSPS) is 18.6. The van der Waals surface area contributed by atoms with Gasteiger partial charge in [0.05, 0.1) is 6.17 Å². The van der Waals surface area contributed by atoms with E-state index >= 15 is 0 Å². The van der Waals surface area contributed by atoms with E-state index < -0.39 is 0 Å². The van der Waals surface area contributed by atoms with Crippen LogP contribution in [0.25, 0.3) is 0 Å². The van der Waals surface area contributed by atoms with Crippen LogP contribution in [-0.2, 0) is 0 Å². The topological polar surface area (TPSA) is 6.48 Å². The van der Waals surface area contributed by atoms with Crippen LogP contribution < -0.4 is 0 Å². The predicted octanol–water partition coefficient (Wildman–Crippen LogP) is 2.79. The summed E-state index contributed by atoms with van der Waals surface area (Å²) in [6.45, 7) is 11.4. The Labute approximate surface area is 90.3 Å². The summed E-state index contributed by atoms with van der Waals surface area (Å²) in [4.78, 5) is 4.90. The maximum absolute atomic E-state index is 2.45. The Bertz CT molecular complexity index is 131. The molecule has 0 fully saturated rings. The van der Waals surface area contributed by atoms with E-state index in [4.69, 9.17) is 0 Å². The van der Waals surface area contributed by atoms with E-state index in [9.17, 15) is 0 Å². The van der Waals surface area contributed by atoms with E-state index in [1.807, 2.05) is 0 Å². The van der Waals surface area contributed by atoms with Crippen molar-refractivity contribution in [3.8, 4) is 0 Å². The largest absolute Gasteiger partial charge is 0.288 e. The first-order valence-electron chi connectivity index (χ1n) is 5.89. The molecule has 0 amide bonds. The zero-order chi connectivity index (χ0) is 11.3. The molecular formula is C12H28N2. The van der Waals surface area contributed by atoms with Crippen LogP contribution in [0.5, 0.6) is 0 Å². The van der Waals surface area contributed by atoms with Crippen LogP contribution >= 0.6 is 0 Å². The Morgan fingerprint density at radius 3 is 1.29 bits per heavy atom. The lowest BCUT2D eigenvalue weighted by atomic mass is 10.2. The van der Waals surface area contributed by atoms with Gasteiger partial charge in [-0.1, -0.05) is 13.8 Å². The van der Waals surface area contributed by atoms with Crippen molar-refractivity contribution in [3.63, 3.8) is 0 Å². The van der Waals surface area contributed by atoms with Crippen molar-refractivity contribution in [3.05, 3.63) is 0 Å². The molecule has 2 heteroatoms. The van der Waals surface area contributed by atoms with Gasteiger partial charge in [-0.05, 0) is 47.7 Å². The lowest BCUT2D eigenvalue weighted by molar-refractivity contribution is 0.0409. The van der Waals surface area contributed by atoms with E-state index in [-0.39, 0.29) is 0 Å². The zero-order valence-corrected chi connectivity index (χ0v) is 11.0. The molecular weight excluding hydrogens is 172 g/mol. The highest BCUT2D eigenvalue weighted by molar-refractivity contribution is 4.72. The van der Waals surface area contributed by atoms with Crippen molar-refractivity contribution in [1.82, 2.24) is 9.80 Å². The molecule has 2 nitrogen and oxygen atoms in total. The van der Waals surface area contributed by atoms with Crippen LogP contribution in [0.2, 0.25) is 0 Å². The van der Waals surface area contributed by atoms with Crippen molar-refractivity contribution in [2.24, 2.45) is 0 Å². The third kappa shape index (κ3) is 3.58. The van der Waals surface area contributed by atoms with Gasteiger partial charge in [-0.15, -0.1) is 0 Å². The van der Waals surface area contributed by atoms with Gasteiger partial charge < -0.3 is 0 Å². The molecule has 0 radical (unpaired) electrons. The van der Waals surface area contributed by atoms with E-state index in [0.717, 1.165) is 0 Å². The molecule has 0 saturated carbocycles. The first-order chi connectivity index (χ1) is 6.45. The minimum Gasteiger partial charge on any atom is -0.288 e. The van der Waals surface area contributed by atoms with Crippen LogP contribution in [0.1, 0.15) is 47.5 Å². The Hall–Kier alpha value is -0.0800. The predicted molar refractivity (Wildman–Crippen MR) is 64.5 cm³/mol. The van der Waals surface area contributed by atoms with E-state index in [1.165, 1.54) is 12.8 Å². The molecule has 0 saturated heterocycles. The Morgan fingerprint density at radius 1 is 0.786 bits per heavy atom. The van der Waals surface area contributed by atoms with Crippen LogP contribution in [0.3, 0.4) is 0 Å². The van der Waals surface area contributed by atoms with Crippen LogP contribution in [0, 0.1) is 0 Å². The molecule has 2 unspecified atom stereocenters. The Morgan fingerprint density at radius 2 is 1.07 bits per heavy atom. The van der Waals surface area contributed by atoms with Gasteiger partial charge in [0.1, 0.15) is 0 Å². The van der Waals surface area contributed by atoms with Crippen LogP contribution in [0.15, 0.2) is 0 Å². The van der Waals surface area contributed by atoms with Gasteiger partial charge in [0.15, 0.2) is 0 Å². The lowest BCUT2D eigenvalue weighted by Gasteiger charge is -2.39. The second kappa shape index (κ2) is 6.41. The third-order valence-corrected chi connectivity index (χ3v) is 3.75. The van der Waals surface area contributed by atoms with Gasteiger partial charge in [0.25, 0.3) is 0 Å². The molecule has 0 aliphatic heterocycles. The summed E-state index contributed by atoms with van der Waals surface area (Å²) >= 11 is 0. The molecule has 2 atom stereocenters. The third-order valence-electron chi connectivity index (χ3n) is 3.75. The average molecular weight is 200 g/mol. The minimum absolute atomic E-state index is 0.528. The molecule has 0 bridgehead atoms. The summed E-state index contributed by atoms with van der Waals surface area (Å²) in [6, 6.07) is 1.33. The van der Waals surface area contributed by atoms with Crippen molar-refractivity contribution in [2.75, 3.05) is 14.1 Å². The first-order valence-corrected chi connectivity index (χ1v) is 5.89. The lowest BCUT2D eigenvalue weighted by Crippen LogP contribution is -2.49. The smallest absolute Gasteiger partial charge is 0.0592 e. The zero-order valence-electron chi connectivity index (χ0n) is 11.0. The highest BCUT2D eigenvalue weighted by Gasteiger charge is 2.20. The molecule has 0 heterocycles. The van der Waals surface area contributed by atoms with Crippen molar-refractivity contribution in [1.29, 1.82) is 0 Å². The van der Waals surface area contributed by atoms with Crippen LogP contribution in [-0.4, -0.2) is 42.1 Å². The summed E-state index contributed by atoms with van der Waals surface area (Å²) in [5, 5.41) is 0. The molecule has 0 N–H and O–H groups in total. The quantitative estimate of drug-likeness (QED) is 0.608. The van der Waals surface area contributed by atoms with E-state index in [2.05, 4.69) is 58.5 Å². The fourth-order valence-corrected chi connectivity index (χ4v) is 1.60. The van der Waals surface area contributed by atoms with Crippen molar-refractivity contribution < 1.29 is 0 Å². The van der Waals surface area contributed by atoms with E-state index in [1.54, 1.807) is 0 Å². The van der Waals surface area contributed by atoms with Crippen molar-refractivity contribution >= 4 is 0 Å². The number of nitrogens with zero attached hydrogens (tertiary/aromatic N) is 2. The minimum atomic E-state index is 0.528. The summed E-state index contributed by atoms with van der Waals surface area (Å²) in [7, 11) is 4.44. The number of hydrogen-bond donors (Lipinski definition) is 0. The van der Waals surface area contributed by atoms with Gasteiger partial charge in [-0.25, -0.2) is 0 Å². The summed E-state index contributed by atoms with van der Waals surface area (Å²) in [5.41, 5.74) is 0. The second-order valence-corrected chi connectivity index (χ2v) is 4.48. The van der Waals surface area contributed by atoms with Crippen molar-refractivity contribution in [2.45, 2.75) is 65.7 Å². The maximum Gasteiger partial charge on any atom is 0.0592 e. The van der Waals surface area contributed by atoms with Crippen LogP contribution in [0.4, 0.5) is 0 Å². The maximum atomic E-state index is 2.45. The molecule has 14 heavy (non-hydrogen) atoms. The summed E-state index contributed by atoms with van der Waals surface area (Å²) < 4.78 is 0. The molecule has 0 aromatic heterocycles. The fraction of sp³-hybridized carbons (Fsp3) is 1.00. The van der Waals surface area contributed by atoms with E-state index in [0.29, 0.717) is 18.2 Å². The summed E-state index contributed by atoms with van der Waals surface area (Å²) in [6.07, 6.45) is 2.96. The number of rotatable bonds is 6. The Balaban J connectivity index is 4.22. The average Bonchev–Trinajstić information content (AvgIpc) is 2.23.